The average Bonchev–Trinajstić information content (AvgIpc) is 2.39. The lowest BCUT2D eigenvalue weighted by molar-refractivity contribution is 0.0600. The molecule has 1 N–H and O–H groups in total. The molecular formula is C13H18ClNO2. The van der Waals surface area contributed by atoms with Crippen LogP contribution < -0.4 is 5.32 Å². The highest BCUT2D eigenvalue weighted by atomic mass is 35.5. The number of methoxy groups -OCH3 is 1. The van der Waals surface area contributed by atoms with Crippen molar-refractivity contribution in [2.45, 2.75) is 25.3 Å². The number of piperidine rings is 1. The number of hydrogen-bond acceptors (Lipinski definition) is 3. The molecule has 94 valence electrons. The van der Waals surface area contributed by atoms with Crippen LogP contribution in [-0.2, 0) is 4.74 Å². The van der Waals surface area contributed by atoms with Crippen molar-refractivity contribution in [3.63, 3.8) is 0 Å². The average molecular weight is 256 g/mol. The first-order valence-electron chi connectivity index (χ1n) is 5.73. The molecule has 0 amide bonds. The summed E-state index contributed by atoms with van der Waals surface area (Å²) in [7, 11) is 1.41. The molecule has 4 heteroatoms. The van der Waals surface area contributed by atoms with Gasteiger partial charge in [-0.1, -0.05) is 18.6 Å². The molecule has 0 aromatic heterocycles. The van der Waals surface area contributed by atoms with Crippen LogP contribution in [0, 0.1) is 0 Å². The summed E-state index contributed by atoms with van der Waals surface area (Å²) in [4.78, 5) is 11.4. The minimum Gasteiger partial charge on any atom is -0.465 e. The summed E-state index contributed by atoms with van der Waals surface area (Å²) in [6, 6.07) is 8.08. The number of hydrogen-bond donors (Lipinski definition) is 1. The molecular weight excluding hydrogens is 238 g/mol. The third-order valence-corrected chi connectivity index (χ3v) is 3.02. The molecule has 1 heterocycles. The van der Waals surface area contributed by atoms with Crippen molar-refractivity contribution in [1.29, 1.82) is 0 Å². The maximum absolute atomic E-state index is 11.4. The van der Waals surface area contributed by atoms with E-state index in [1.165, 1.54) is 25.5 Å². The Kier molecular flexibility index (Phi) is 5.45. The fraction of sp³-hybridized carbons (Fsp3) is 0.462. The number of carbonyl (C=O) groups excluding carboxylic acids is 1. The second kappa shape index (κ2) is 6.62. The van der Waals surface area contributed by atoms with Gasteiger partial charge in [0.1, 0.15) is 0 Å². The van der Waals surface area contributed by atoms with Gasteiger partial charge in [0.2, 0.25) is 0 Å². The van der Waals surface area contributed by atoms with Gasteiger partial charge in [0.25, 0.3) is 0 Å². The third kappa shape index (κ3) is 3.45. The summed E-state index contributed by atoms with van der Waals surface area (Å²) in [6.45, 7) is 1.06. The Labute approximate surface area is 108 Å². The summed E-state index contributed by atoms with van der Waals surface area (Å²) in [6.07, 6.45) is 3.64. The Bertz CT molecular complexity index is 375. The highest BCUT2D eigenvalue weighted by Gasteiger charge is 2.15. The van der Waals surface area contributed by atoms with E-state index in [9.17, 15) is 4.79 Å². The third-order valence-electron chi connectivity index (χ3n) is 3.02. The minimum atomic E-state index is -0.266. The number of esters is 1. The Morgan fingerprint density at radius 2 is 2.24 bits per heavy atom. The first-order valence-corrected chi connectivity index (χ1v) is 5.73. The zero-order valence-corrected chi connectivity index (χ0v) is 10.8. The van der Waals surface area contributed by atoms with Gasteiger partial charge in [0, 0.05) is 6.04 Å². The van der Waals surface area contributed by atoms with Crippen LogP contribution in [0.3, 0.4) is 0 Å². The summed E-state index contributed by atoms with van der Waals surface area (Å²) in [5, 5.41) is 3.47. The zero-order chi connectivity index (χ0) is 11.4. The number of carbonyl (C=O) groups is 1. The van der Waals surface area contributed by atoms with Gasteiger partial charge in [-0.05, 0) is 37.1 Å². The van der Waals surface area contributed by atoms with Crippen LogP contribution >= 0.6 is 12.4 Å². The molecule has 1 aromatic rings. The molecule has 0 bridgehead atoms. The van der Waals surface area contributed by atoms with Gasteiger partial charge in [0.15, 0.2) is 0 Å². The van der Waals surface area contributed by atoms with Crippen LogP contribution in [0.15, 0.2) is 24.3 Å². The van der Waals surface area contributed by atoms with E-state index >= 15 is 0 Å². The first-order chi connectivity index (χ1) is 7.81. The Morgan fingerprint density at radius 3 is 2.88 bits per heavy atom. The Morgan fingerprint density at radius 1 is 1.41 bits per heavy atom. The van der Waals surface area contributed by atoms with Crippen molar-refractivity contribution in [3.05, 3.63) is 35.4 Å². The van der Waals surface area contributed by atoms with E-state index in [0.717, 1.165) is 13.0 Å². The lowest BCUT2D eigenvalue weighted by atomic mass is 9.96. The zero-order valence-electron chi connectivity index (χ0n) is 9.94. The Hall–Kier alpha value is -1.06. The molecule has 0 spiro atoms. The van der Waals surface area contributed by atoms with Gasteiger partial charge in [-0.2, -0.15) is 0 Å². The monoisotopic (exact) mass is 255 g/mol. The van der Waals surface area contributed by atoms with Crippen LogP contribution in [0.1, 0.15) is 41.2 Å². The lowest BCUT2D eigenvalue weighted by Gasteiger charge is -2.24. The molecule has 1 fully saturated rings. The smallest absolute Gasteiger partial charge is 0.337 e. The van der Waals surface area contributed by atoms with Crippen LogP contribution in [-0.4, -0.2) is 19.6 Å². The number of ether oxygens (including phenoxy) is 1. The van der Waals surface area contributed by atoms with Crippen LogP contribution in [0.4, 0.5) is 0 Å². The molecule has 0 radical (unpaired) electrons. The standard InChI is InChI=1S/C13H17NO2.ClH/c1-16-13(15)11-6-4-5-10(9-11)12-7-2-3-8-14-12;/h4-6,9,12,14H,2-3,7-8H2,1H3;1H. The molecule has 1 saturated heterocycles. The maximum atomic E-state index is 11.4. The van der Waals surface area contributed by atoms with Crippen molar-refractivity contribution < 1.29 is 9.53 Å². The van der Waals surface area contributed by atoms with E-state index in [4.69, 9.17) is 4.74 Å². The molecule has 1 atom stereocenters. The van der Waals surface area contributed by atoms with Gasteiger partial charge >= 0.3 is 5.97 Å². The van der Waals surface area contributed by atoms with Gasteiger partial charge < -0.3 is 10.1 Å². The van der Waals surface area contributed by atoms with Gasteiger partial charge in [-0.25, -0.2) is 4.79 Å². The second-order valence-corrected chi connectivity index (χ2v) is 4.12. The van der Waals surface area contributed by atoms with E-state index in [2.05, 4.69) is 11.4 Å². The second-order valence-electron chi connectivity index (χ2n) is 4.12. The van der Waals surface area contributed by atoms with E-state index < -0.39 is 0 Å². The normalized spacial score (nSPS) is 19.2. The molecule has 17 heavy (non-hydrogen) atoms. The fourth-order valence-corrected chi connectivity index (χ4v) is 2.14. The highest BCUT2D eigenvalue weighted by Crippen LogP contribution is 2.23. The van der Waals surface area contributed by atoms with Gasteiger partial charge in [0.05, 0.1) is 12.7 Å². The van der Waals surface area contributed by atoms with Crippen molar-refractivity contribution in [2.75, 3.05) is 13.7 Å². The van der Waals surface area contributed by atoms with E-state index in [-0.39, 0.29) is 18.4 Å². The predicted molar refractivity (Wildman–Crippen MR) is 69.6 cm³/mol. The van der Waals surface area contributed by atoms with E-state index in [0.29, 0.717) is 11.6 Å². The van der Waals surface area contributed by atoms with Crippen molar-refractivity contribution >= 4 is 18.4 Å². The summed E-state index contributed by atoms with van der Waals surface area (Å²) >= 11 is 0. The molecule has 1 aliphatic rings. The topological polar surface area (TPSA) is 38.3 Å². The largest absolute Gasteiger partial charge is 0.465 e. The molecule has 1 aromatic carbocycles. The van der Waals surface area contributed by atoms with Crippen molar-refractivity contribution in [2.24, 2.45) is 0 Å². The summed E-state index contributed by atoms with van der Waals surface area (Å²) in [5.41, 5.74) is 1.81. The van der Waals surface area contributed by atoms with E-state index in [1.807, 2.05) is 12.1 Å². The number of benzene rings is 1. The fourth-order valence-electron chi connectivity index (χ4n) is 2.14. The summed E-state index contributed by atoms with van der Waals surface area (Å²) < 4.78 is 4.72. The van der Waals surface area contributed by atoms with Crippen LogP contribution in [0.2, 0.25) is 0 Å². The van der Waals surface area contributed by atoms with Crippen LogP contribution in [0.5, 0.6) is 0 Å². The van der Waals surface area contributed by atoms with Gasteiger partial charge in [-0.15, -0.1) is 12.4 Å². The predicted octanol–water partition coefficient (Wildman–Crippen LogP) is 2.71. The first kappa shape index (κ1) is 14.0. The molecule has 2 rings (SSSR count). The van der Waals surface area contributed by atoms with Crippen molar-refractivity contribution in [1.82, 2.24) is 5.32 Å². The minimum absolute atomic E-state index is 0. The number of nitrogens with one attached hydrogen (secondary N) is 1. The number of rotatable bonds is 2. The Balaban J connectivity index is 0.00000144. The maximum Gasteiger partial charge on any atom is 0.337 e. The molecule has 1 aliphatic heterocycles. The highest BCUT2D eigenvalue weighted by molar-refractivity contribution is 5.89. The van der Waals surface area contributed by atoms with Crippen molar-refractivity contribution in [3.8, 4) is 0 Å². The molecule has 0 aliphatic carbocycles. The lowest BCUT2D eigenvalue weighted by Crippen LogP contribution is -2.26. The molecule has 1 unspecified atom stereocenters. The SMILES string of the molecule is COC(=O)c1cccc(C2CCCCN2)c1.Cl. The van der Waals surface area contributed by atoms with Gasteiger partial charge in [-0.3, -0.25) is 0 Å². The molecule has 3 nitrogen and oxygen atoms in total. The quantitative estimate of drug-likeness (QED) is 0.826. The van der Waals surface area contributed by atoms with Crippen LogP contribution in [0.25, 0.3) is 0 Å². The number of halogens is 1. The molecule has 0 saturated carbocycles. The summed E-state index contributed by atoms with van der Waals surface area (Å²) in [5.74, 6) is -0.266. The van der Waals surface area contributed by atoms with E-state index in [1.54, 1.807) is 6.07 Å².